The maximum Gasteiger partial charge on any atom is 0.403 e. The standard InChI is InChI=1S/C22H21N9O2/c1-30-19(16(12-25-30)20(32)23-11-15-7-9-24-29-15)21(33)27-18-8-10-31-13-17(26-22(31)28-18)14-5-3-2-4-6-14/h2-10,13,25H,11-12H2,1H3,(H3,23,24,26,27,28,29,32,33)/p+1. The lowest BCUT2D eigenvalue weighted by Gasteiger charge is -2.15. The van der Waals surface area contributed by atoms with Crippen LogP contribution in [0.4, 0.5) is 5.82 Å². The van der Waals surface area contributed by atoms with Gasteiger partial charge in [-0.2, -0.15) is 5.10 Å². The second-order valence-corrected chi connectivity index (χ2v) is 7.52. The highest BCUT2D eigenvalue weighted by atomic mass is 16.2. The number of nitrogens with one attached hydrogen (secondary N) is 5. The predicted molar refractivity (Wildman–Crippen MR) is 119 cm³/mol. The largest absolute Gasteiger partial charge is 0.403 e. The number of anilines is 1. The van der Waals surface area contributed by atoms with Gasteiger partial charge in [-0.05, 0) is 6.07 Å². The van der Waals surface area contributed by atoms with E-state index in [4.69, 9.17) is 0 Å². The fourth-order valence-corrected chi connectivity index (χ4v) is 3.63. The molecular formula is C22H22N9O2+. The Bertz CT molecular complexity index is 1340. The van der Waals surface area contributed by atoms with Crippen LogP contribution in [0.15, 0.2) is 72.3 Å². The van der Waals surface area contributed by atoms with Crippen LogP contribution in [0.5, 0.6) is 0 Å². The second kappa shape index (κ2) is 8.55. The Morgan fingerprint density at radius 1 is 1.15 bits per heavy atom. The monoisotopic (exact) mass is 444 g/mol. The Labute approximate surface area is 188 Å². The SMILES string of the molecule is CN1NCC(C(=O)NCc2ccn[nH]2)=C1C(=O)Nc1cc[n+]2cc(-c3ccccc3)[nH]c2n1. The Hall–Kier alpha value is -4.51. The van der Waals surface area contributed by atoms with Crippen molar-refractivity contribution in [1.82, 2.24) is 35.9 Å². The molecule has 4 aromatic rings. The van der Waals surface area contributed by atoms with Gasteiger partial charge in [-0.25, -0.2) is 14.8 Å². The first-order valence-electron chi connectivity index (χ1n) is 10.3. The number of hydrazine groups is 1. The van der Waals surface area contributed by atoms with Crippen molar-refractivity contribution in [2.24, 2.45) is 0 Å². The third-order valence-electron chi connectivity index (χ3n) is 5.31. The number of rotatable bonds is 6. The molecule has 5 rings (SSSR count). The number of hydrogen-bond donors (Lipinski definition) is 5. The average Bonchev–Trinajstić information content (AvgIpc) is 3.57. The molecule has 0 spiro atoms. The summed E-state index contributed by atoms with van der Waals surface area (Å²) in [5, 5.41) is 13.8. The quantitative estimate of drug-likeness (QED) is 0.275. The zero-order chi connectivity index (χ0) is 22.8. The molecule has 1 aromatic carbocycles. The number of imidazole rings is 1. The van der Waals surface area contributed by atoms with E-state index in [0.29, 0.717) is 17.2 Å². The van der Waals surface area contributed by atoms with Gasteiger partial charge < -0.3 is 10.3 Å². The molecule has 1 aliphatic heterocycles. The van der Waals surface area contributed by atoms with Crippen molar-refractivity contribution in [2.45, 2.75) is 6.54 Å². The van der Waals surface area contributed by atoms with Gasteiger partial charge in [0.2, 0.25) is 5.82 Å². The van der Waals surface area contributed by atoms with E-state index >= 15 is 0 Å². The summed E-state index contributed by atoms with van der Waals surface area (Å²) >= 11 is 0. The normalized spacial score (nSPS) is 13.5. The molecule has 0 atom stereocenters. The van der Waals surface area contributed by atoms with Gasteiger partial charge in [-0.15, -0.1) is 0 Å². The van der Waals surface area contributed by atoms with E-state index in [-0.39, 0.29) is 24.7 Å². The second-order valence-electron chi connectivity index (χ2n) is 7.52. The molecule has 4 heterocycles. The van der Waals surface area contributed by atoms with Gasteiger partial charge in [0.05, 0.1) is 24.0 Å². The highest BCUT2D eigenvalue weighted by Crippen LogP contribution is 2.18. The van der Waals surface area contributed by atoms with Gasteiger partial charge in [-0.1, -0.05) is 35.3 Å². The third-order valence-corrected chi connectivity index (χ3v) is 5.31. The summed E-state index contributed by atoms with van der Waals surface area (Å²) < 4.78 is 1.84. The van der Waals surface area contributed by atoms with Crippen molar-refractivity contribution in [3.05, 3.63) is 78.0 Å². The number of likely N-dealkylation sites (N-methyl/N-ethyl adjacent to an activating group) is 1. The topological polar surface area (TPSA) is 135 Å². The number of aromatic nitrogens is 5. The van der Waals surface area contributed by atoms with Crippen molar-refractivity contribution in [3.8, 4) is 11.3 Å². The molecule has 0 radical (unpaired) electrons. The molecule has 0 unspecified atom stereocenters. The van der Waals surface area contributed by atoms with Gasteiger partial charge in [-0.3, -0.25) is 20.0 Å². The minimum atomic E-state index is -0.430. The van der Waals surface area contributed by atoms with Crippen molar-refractivity contribution < 1.29 is 14.0 Å². The van der Waals surface area contributed by atoms with Crippen LogP contribution in [-0.2, 0) is 16.1 Å². The Morgan fingerprint density at radius 3 is 2.79 bits per heavy atom. The number of carbonyl (C=O) groups excluding carboxylic acids is 2. The lowest BCUT2D eigenvalue weighted by molar-refractivity contribution is -0.512. The van der Waals surface area contributed by atoms with Crippen molar-refractivity contribution in [2.75, 3.05) is 18.9 Å². The molecule has 0 saturated heterocycles. The molecule has 2 amide bonds. The van der Waals surface area contributed by atoms with E-state index in [1.807, 2.05) is 47.1 Å². The molecule has 5 N–H and O–H groups in total. The molecule has 3 aromatic heterocycles. The van der Waals surface area contributed by atoms with Gasteiger partial charge in [0.15, 0.2) is 0 Å². The van der Waals surface area contributed by atoms with Crippen LogP contribution < -0.4 is 20.5 Å². The third kappa shape index (κ3) is 4.16. The first kappa shape index (κ1) is 20.4. The molecule has 0 fully saturated rings. The molecule has 11 nitrogen and oxygen atoms in total. The number of nitrogens with zero attached hydrogens (tertiary/aromatic N) is 4. The smallest absolute Gasteiger partial charge is 0.347 e. The number of benzene rings is 1. The fourth-order valence-electron chi connectivity index (χ4n) is 3.63. The van der Waals surface area contributed by atoms with Crippen LogP contribution in [-0.4, -0.2) is 50.6 Å². The van der Waals surface area contributed by atoms with Gasteiger partial charge in [0.25, 0.3) is 11.8 Å². The minimum absolute atomic E-state index is 0.239. The summed E-state index contributed by atoms with van der Waals surface area (Å²) in [4.78, 5) is 33.5. The van der Waals surface area contributed by atoms with Crippen LogP contribution in [0, 0.1) is 0 Å². The van der Waals surface area contributed by atoms with E-state index in [9.17, 15) is 9.59 Å². The van der Waals surface area contributed by atoms with Crippen molar-refractivity contribution in [3.63, 3.8) is 0 Å². The summed E-state index contributed by atoms with van der Waals surface area (Å²) in [6.07, 6.45) is 5.35. The maximum absolute atomic E-state index is 13.0. The highest BCUT2D eigenvalue weighted by Gasteiger charge is 2.30. The van der Waals surface area contributed by atoms with E-state index in [2.05, 4.69) is 36.2 Å². The Kier molecular flexibility index (Phi) is 5.29. The molecule has 166 valence electrons. The van der Waals surface area contributed by atoms with Gasteiger partial charge in [0, 0.05) is 31.4 Å². The molecule has 11 heteroatoms. The summed E-state index contributed by atoms with van der Waals surface area (Å²) in [7, 11) is 1.69. The Balaban J connectivity index is 1.34. The maximum atomic E-state index is 13.0. The van der Waals surface area contributed by atoms with Gasteiger partial charge in [0.1, 0.15) is 17.6 Å². The predicted octanol–water partition coefficient (Wildman–Crippen LogP) is 0.498. The number of aromatic amines is 2. The number of carbonyl (C=O) groups is 2. The summed E-state index contributed by atoms with van der Waals surface area (Å²) in [6.45, 7) is 0.528. The first-order chi connectivity index (χ1) is 16.1. The number of amides is 2. The highest BCUT2D eigenvalue weighted by molar-refractivity contribution is 6.10. The number of hydrogen-bond acceptors (Lipinski definition) is 6. The summed E-state index contributed by atoms with van der Waals surface area (Å²) in [6, 6.07) is 13.4. The Morgan fingerprint density at radius 2 is 2.00 bits per heavy atom. The lowest BCUT2D eigenvalue weighted by Crippen LogP contribution is -2.33. The number of fused-ring (bicyclic) bond motifs is 1. The summed E-state index contributed by atoms with van der Waals surface area (Å²) in [5.74, 6) is 0.186. The lowest BCUT2D eigenvalue weighted by atomic mass is 10.2. The zero-order valence-electron chi connectivity index (χ0n) is 17.8. The van der Waals surface area contributed by atoms with E-state index in [1.165, 1.54) is 5.01 Å². The van der Waals surface area contributed by atoms with Crippen LogP contribution in [0.25, 0.3) is 17.0 Å². The molecule has 33 heavy (non-hydrogen) atoms. The van der Waals surface area contributed by atoms with Crippen LogP contribution in [0.1, 0.15) is 5.69 Å². The van der Waals surface area contributed by atoms with Gasteiger partial charge >= 0.3 is 5.78 Å². The van der Waals surface area contributed by atoms with E-state index in [0.717, 1.165) is 17.0 Å². The molecule has 1 aliphatic rings. The molecular weight excluding hydrogens is 422 g/mol. The fraction of sp³-hybridized carbons (Fsp3) is 0.136. The van der Waals surface area contributed by atoms with E-state index < -0.39 is 5.91 Å². The van der Waals surface area contributed by atoms with Crippen LogP contribution >= 0.6 is 0 Å². The average molecular weight is 444 g/mol. The summed E-state index contributed by atoms with van der Waals surface area (Å²) in [5.41, 5.74) is 6.29. The zero-order valence-corrected chi connectivity index (χ0v) is 17.8. The first-order valence-corrected chi connectivity index (χ1v) is 10.3. The molecule has 0 bridgehead atoms. The van der Waals surface area contributed by atoms with Crippen LogP contribution in [0.2, 0.25) is 0 Å². The van der Waals surface area contributed by atoms with Crippen molar-refractivity contribution in [1.29, 1.82) is 0 Å². The minimum Gasteiger partial charge on any atom is -0.347 e. The van der Waals surface area contributed by atoms with E-state index in [1.54, 1.807) is 25.4 Å². The van der Waals surface area contributed by atoms with Crippen LogP contribution in [0.3, 0.4) is 0 Å². The molecule has 0 aliphatic carbocycles. The molecule has 0 saturated carbocycles. The number of H-pyrrole nitrogens is 2. The van der Waals surface area contributed by atoms with Crippen molar-refractivity contribution >= 4 is 23.4 Å².